The summed E-state index contributed by atoms with van der Waals surface area (Å²) < 4.78 is 27.5. The maximum absolute atomic E-state index is 12.7. The number of fused-ring (bicyclic) bond motifs is 2. The predicted octanol–water partition coefficient (Wildman–Crippen LogP) is 2.79. The Morgan fingerprint density at radius 1 is 0.920 bits per heavy atom. The molecule has 1 aliphatic carbocycles. The Morgan fingerprint density at radius 3 is 2.08 bits per heavy atom. The molecule has 0 fully saturated rings. The van der Waals surface area contributed by atoms with Gasteiger partial charge < -0.3 is 0 Å². The van der Waals surface area contributed by atoms with Crippen LogP contribution in [-0.2, 0) is 10.0 Å². The number of rotatable bonds is 5. The molecule has 0 spiro atoms. The van der Waals surface area contributed by atoms with Crippen LogP contribution in [0, 0.1) is 5.92 Å². The van der Waals surface area contributed by atoms with Gasteiger partial charge in [-0.25, -0.2) is 13.1 Å². The second kappa shape index (κ2) is 6.54. The third-order valence-corrected chi connectivity index (χ3v) is 5.95. The van der Waals surface area contributed by atoms with Crippen molar-refractivity contribution < 1.29 is 18.0 Å². The molecule has 3 rings (SSSR count). The lowest BCUT2D eigenvalue weighted by molar-refractivity contribution is 0.0979. The molecule has 0 aliphatic heterocycles. The fourth-order valence-electron chi connectivity index (χ4n) is 2.73. The predicted molar refractivity (Wildman–Crippen MR) is 94.4 cm³/mol. The van der Waals surface area contributed by atoms with Crippen molar-refractivity contribution in [2.75, 3.05) is 6.54 Å². The van der Waals surface area contributed by atoms with Gasteiger partial charge in [-0.3, -0.25) is 9.59 Å². The van der Waals surface area contributed by atoms with Crippen LogP contribution in [-0.4, -0.2) is 26.5 Å². The van der Waals surface area contributed by atoms with Crippen LogP contribution in [0.25, 0.3) is 0 Å². The minimum absolute atomic E-state index is 0.00455. The van der Waals surface area contributed by atoms with Crippen LogP contribution in [0.15, 0.2) is 47.4 Å². The van der Waals surface area contributed by atoms with Gasteiger partial charge in [-0.1, -0.05) is 44.5 Å². The molecule has 1 N–H and O–H groups in total. The lowest BCUT2D eigenvalue weighted by atomic mass is 9.84. The van der Waals surface area contributed by atoms with Crippen LogP contribution in [0.1, 0.15) is 52.1 Å². The second-order valence-electron chi connectivity index (χ2n) is 6.28. The summed E-state index contributed by atoms with van der Waals surface area (Å²) in [6.07, 6.45) is 0.858. The Morgan fingerprint density at radius 2 is 1.48 bits per heavy atom. The van der Waals surface area contributed by atoms with Gasteiger partial charge in [-0.15, -0.1) is 0 Å². The fraction of sp³-hybridized carbons (Fsp3) is 0.263. The Hall–Kier alpha value is -2.31. The highest BCUT2D eigenvalue weighted by molar-refractivity contribution is 7.89. The molecule has 6 heteroatoms. The summed E-state index contributed by atoms with van der Waals surface area (Å²) in [5.74, 6) is -0.381. The number of benzene rings is 2. The van der Waals surface area contributed by atoms with Crippen LogP contribution in [0.4, 0.5) is 0 Å². The number of hydrogen-bond donors (Lipinski definition) is 1. The Bertz CT molecular complexity index is 963. The highest BCUT2D eigenvalue weighted by Gasteiger charge is 2.30. The summed E-state index contributed by atoms with van der Waals surface area (Å²) in [4.78, 5) is 25.2. The molecule has 5 nitrogen and oxygen atoms in total. The van der Waals surface area contributed by atoms with Gasteiger partial charge in [0.1, 0.15) is 0 Å². The molecule has 0 aromatic heterocycles. The van der Waals surface area contributed by atoms with E-state index in [1.54, 1.807) is 24.3 Å². The average Bonchev–Trinajstić information content (AvgIpc) is 2.63. The molecule has 2 aromatic carbocycles. The maximum atomic E-state index is 12.7. The van der Waals surface area contributed by atoms with Crippen molar-refractivity contribution >= 4 is 21.6 Å². The quantitative estimate of drug-likeness (QED) is 0.761. The summed E-state index contributed by atoms with van der Waals surface area (Å²) in [5.41, 5.74) is 1.03. The molecule has 0 amide bonds. The van der Waals surface area contributed by atoms with Gasteiger partial charge in [0.15, 0.2) is 11.6 Å². The number of hydrogen-bond acceptors (Lipinski definition) is 4. The second-order valence-corrected chi connectivity index (χ2v) is 8.04. The van der Waals surface area contributed by atoms with Gasteiger partial charge in [-0.2, -0.15) is 0 Å². The standard InChI is InChI=1S/C19H19NO4S/c1-3-12(2)11-20-25(23,24)13-8-9-16-17(10-13)19(22)15-7-5-4-6-14(15)18(16)21/h4-10,12,20H,3,11H2,1-2H3. The molecule has 0 radical (unpaired) electrons. The summed E-state index contributed by atoms with van der Waals surface area (Å²) in [6, 6.07) is 10.7. The van der Waals surface area contributed by atoms with E-state index in [-0.39, 0.29) is 33.5 Å². The smallest absolute Gasteiger partial charge is 0.240 e. The minimum Gasteiger partial charge on any atom is -0.289 e. The van der Waals surface area contributed by atoms with Crippen molar-refractivity contribution in [3.8, 4) is 0 Å². The van der Waals surface area contributed by atoms with Crippen molar-refractivity contribution in [2.24, 2.45) is 5.92 Å². The van der Waals surface area contributed by atoms with Crippen molar-refractivity contribution in [3.63, 3.8) is 0 Å². The highest BCUT2D eigenvalue weighted by atomic mass is 32.2. The van der Waals surface area contributed by atoms with Crippen molar-refractivity contribution in [3.05, 3.63) is 64.7 Å². The van der Waals surface area contributed by atoms with Crippen LogP contribution >= 0.6 is 0 Å². The van der Waals surface area contributed by atoms with E-state index in [0.29, 0.717) is 17.7 Å². The molecule has 1 unspecified atom stereocenters. The summed E-state index contributed by atoms with van der Waals surface area (Å²) >= 11 is 0. The summed E-state index contributed by atoms with van der Waals surface area (Å²) in [5, 5.41) is 0. The first kappa shape index (κ1) is 17.5. The number of nitrogens with one attached hydrogen (secondary N) is 1. The lowest BCUT2D eigenvalue weighted by Gasteiger charge is -2.18. The van der Waals surface area contributed by atoms with E-state index in [9.17, 15) is 18.0 Å². The highest BCUT2D eigenvalue weighted by Crippen LogP contribution is 2.28. The van der Waals surface area contributed by atoms with Crippen LogP contribution in [0.5, 0.6) is 0 Å². The van der Waals surface area contributed by atoms with E-state index >= 15 is 0 Å². The van der Waals surface area contributed by atoms with Crippen LogP contribution in [0.3, 0.4) is 0 Å². The number of carbonyl (C=O) groups excluding carboxylic acids is 2. The van der Waals surface area contributed by atoms with Gasteiger partial charge in [-0.05, 0) is 24.1 Å². The van der Waals surface area contributed by atoms with Crippen molar-refractivity contribution in [2.45, 2.75) is 25.2 Å². The Labute approximate surface area is 147 Å². The molecular weight excluding hydrogens is 338 g/mol. The van der Waals surface area contributed by atoms with Crippen molar-refractivity contribution in [1.82, 2.24) is 4.72 Å². The molecule has 0 saturated carbocycles. The van der Waals surface area contributed by atoms with Crippen molar-refractivity contribution in [1.29, 1.82) is 0 Å². The van der Waals surface area contributed by atoms with E-state index in [4.69, 9.17) is 0 Å². The third-order valence-electron chi connectivity index (χ3n) is 4.53. The number of ketones is 2. The first-order chi connectivity index (χ1) is 11.8. The molecule has 0 saturated heterocycles. The van der Waals surface area contributed by atoms with Gasteiger partial charge in [0, 0.05) is 28.8 Å². The normalized spacial score (nSPS) is 14.8. The largest absolute Gasteiger partial charge is 0.289 e. The topological polar surface area (TPSA) is 80.3 Å². The average molecular weight is 357 g/mol. The Balaban J connectivity index is 2.00. The molecule has 2 aromatic rings. The van der Waals surface area contributed by atoms with Crippen LogP contribution in [0.2, 0.25) is 0 Å². The van der Waals surface area contributed by atoms with Crippen LogP contribution < -0.4 is 4.72 Å². The van der Waals surface area contributed by atoms with E-state index < -0.39 is 10.0 Å². The molecule has 25 heavy (non-hydrogen) atoms. The molecule has 0 bridgehead atoms. The van der Waals surface area contributed by atoms with E-state index in [2.05, 4.69) is 4.72 Å². The van der Waals surface area contributed by atoms with E-state index in [1.165, 1.54) is 18.2 Å². The lowest BCUT2D eigenvalue weighted by Crippen LogP contribution is -2.29. The fourth-order valence-corrected chi connectivity index (χ4v) is 3.92. The third kappa shape index (κ3) is 3.15. The zero-order chi connectivity index (χ0) is 18.2. The summed E-state index contributed by atoms with van der Waals surface area (Å²) in [7, 11) is -3.73. The van der Waals surface area contributed by atoms with Gasteiger partial charge in [0.2, 0.25) is 10.0 Å². The van der Waals surface area contributed by atoms with E-state index in [0.717, 1.165) is 6.42 Å². The first-order valence-electron chi connectivity index (χ1n) is 8.17. The monoisotopic (exact) mass is 357 g/mol. The summed E-state index contributed by atoms with van der Waals surface area (Å²) in [6.45, 7) is 4.26. The maximum Gasteiger partial charge on any atom is 0.240 e. The first-order valence-corrected chi connectivity index (χ1v) is 9.65. The number of carbonyl (C=O) groups is 2. The van der Waals surface area contributed by atoms with Gasteiger partial charge in [0.05, 0.1) is 4.90 Å². The molecule has 1 aliphatic rings. The molecular formula is C19H19NO4S. The number of sulfonamides is 1. The molecule has 1 atom stereocenters. The SMILES string of the molecule is CCC(C)CNS(=O)(=O)c1ccc2c(c1)C(=O)c1ccccc1C2=O. The Kier molecular flexibility index (Phi) is 4.58. The molecule has 0 heterocycles. The minimum atomic E-state index is -3.73. The zero-order valence-electron chi connectivity index (χ0n) is 14.1. The zero-order valence-corrected chi connectivity index (χ0v) is 14.9. The van der Waals surface area contributed by atoms with Gasteiger partial charge in [0.25, 0.3) is 0 Å². The van der Waals surface area contributed by atoms with Gasteiger partial charge >= 0.3 is 0 Å². The molecule has 130 valence electrons. The van der Waals surface area contributed by atoms with E-state index in [1.807, 2.05) is 13.8 Å².